The molecule has 0 radical (unpaired) electrons. The molecule has 1 aromatic heterocycles. The maximum atomic E-state index is 9.09. The summed E-state index contributed by atoms with van der Waals surface area (Å²) in [4.78, 5) is 6.49. The van der Waals surface area contributed by atoms with Crippen LogP contribution in [0.2, 0.25) is 0 Å². The van der Waals surface area contributed by atoms with Crippen LogP contribution in [0.25, 0.3) is 5.69 Å². The van der Waals surface area contributed by atoms with Crippen molar-refractivity contribution in [2.45, 2.75) is 33.7 Å². The highest BCUT2D eigenvalue weighted by molar-refractivity contribution is 5.34. The fraction of sp³-hybridized carbons (Fsp3) is 0.500. The van der Waals surface area contributed by atoms with Crippen LogP contribution in [-0.4, -0.2) is 39.3 Å². The number of aliphatic hydroxyl groups excluding tert-OH is 1. The summed E-state index contributed by atoms with van der Waals surface area (Å²) in [6.07, 6.45) is 6.36. The molecule has 120 valence electrons. The Labute approximate surface area is 133 Å². The van der Waals surface area contributed by atoms with E-state index in [9.17, 15) is 0 Å². The quantitative estimate of drug-likeness (QED) is 0.854. The van der Waals surface area contributed by atoms with Gasteiger partial charge in [0.25, 0.3) is 0 Å². The lowest BCUT2D eigenvalue weighted by Crippen LogP contribution is -2.33. The van der Waals surface area contributed by atoms with Crippen molar-refractivity contribution < 1.29 is 5.11 Å². The maximum absolute atomic E-state index is 9.09. The highest BCUT2D eigenvalue weighted by Crippen LogP contribution is 2.18. The molecule has 1 heterocycles. The lowest BCUT2D eigenvalue weighted by atomic mass is 9.95. The zero-order chi connectivity index (χ0) is 16.0. The van der Waals surface area contributed by atoms with E-state index in [2.05, 4.69) is 54.9 Å². The Morgan fingerprint density at radius 1 is 1.18 bits per heavy atom. The van der Waals surface area contributed by atoms with Crippen molar-refractivity contribution in [1.82, 2.24) is 14.5 Å². The first kappa shape index (κ1) is 16.7. The number of aliphatic hydroxyl groups is 1. The van der Waals surface area contributed by atoms with Gasteiger partial charge in [-0.1, -0.05) is 32.9 Å². The van der Waals surface area contributed by atoms with Crippen LogP contribution in [0.3, 0.4) is 0 Å². The molecule has 0 amide bonds. The predicted octanol–water partition coefficient (Wildman–Crippen LogP) is 3.10. The summed E-state index contributed by atoms with van der Waals surface area (Å²) >= 11 is 0. The van der Waals surface area contributed by atoms with E-state index >= 15 is 0 Å². The molecule has 0 spiro atoms. The number of rotatable bonds is 7. The number of hydrogen-bond donors (Lipinski definition) is 1. The molecule has 22 heavy (non-hydrogen) atoms. The Bertz CT molecular complexity index is 541. The molecule has 1 aromatic carbocycles. The van der Waals surface area contributed by atoms with Crippen molar-refractivity contribution in [3.05, 3.63) is 48.5 Å². The third-order valence-electron chi connectivity index (χ3n) is 3.48. The van der Waals surface area contributed by atoms with Crippen molar-refractivity contribution >= 4 is 0 Å². The van der Waals surface area contributed by atoms with E-state index in [1.807, 2.05) is 17.1 Å². The van der Waals surface area contributed by atoms with Crippen LogP contribution < -0.4 is 0 Å². The first-order valence-electron chi connectivity index (χ1n) is 7.88. The van der Waals surface area contributed by atoms with Gasteiger partial charge >= 0.3 is 0 Å². The summed E-state index contributed by atoms with van der Waals surface area (Å²) < 4.78 is 2.00. The fourth-order valence-corrected chi connectivity index (χ4v) is 2.62. The minimum atomic E-state index is 0.250. The van der Waals surface area contributed by atoms with Crippen LogP contribution in [0.15, 0.2) is 43.0 Å². The average Bonchev–Trinajstić information content (AvgIpc) is 2.98. The first-order valence-corrected chi connectivity index (χ1v) is 7.88. The van der Waals surface area contributed by atoms with E-state index in [0.717, 1.165) is 31.7 Å². The normalized spacial score (nSPS) is 12.0. The predicted molar refractivity (Wildman–Crippen MR) is 90.0 cm³/mol. The molecule has 2 aromatic rings. The van der Waals surface area contributed by atoms with Crippen molar-refractivity contribution in [1.29, 1.82) is 0 Å². The maximum Gasteiger partial charge on any atom is 0.0991 e. The largest absolute Gasteiger partial charge is 0.396 e. The molecule has 0 saturated carbocycles. The summed E-state index contributed by atoms with van der Waals surface area (Å²) in [5, 5.41) is 9.09. The van der Waals surface area contributed by atoms with Gasteiger partial charge in [-0.15, -0.1) is 0 Å². The standard InChI is InChI=1S/C18H27N3O/c1-18(2,3)14-20(10-4-12-22)13-16-5-7-17(8-6-16)21-11-9-19-15-21/h5-9,11,15,22H,4,10,12-14H2,1-3H3. The third-order valence-corrected chi connectivity index (χ3v) is 3.48. The van der Waals surface area contributed by atoms with E-state index in [1.54, 1.807) is 6.20 Å². The molecular formula is C18H27N3O. The van der Waals surface area contributed by atoms with Gasteiger partial charge in [0, 0.05) is 44.3 Å². The van der Waals surface area contributed by atoms with Crippen LogP contribution >= 0.6 is 0 Å². The number of nitrogens with zero attached hydrogens (tertiary/aromatic N) is 3. The molecule has 1 N–H and O–H groups in total. The molecule has 0 fully saturated rings. The topological polar surface area (TPSA) is 41.3 Å². The number of hydrogen-bond acceptors (Lipinski definition) is 3. The van der Waals surface area contributed by atoms with Crippen LogP contribution in [-0.2, 0) is 6.54 Å². The molecule has 0 aliphatic carbocycles. The van der Waals surface area contributed by atoms with Crippen molar-refractivity contribution in [2.75, 3.05) is 19.7 Å². The summed E-state index contributed by atoms with van der Waals surface area (Å²) in [7, 11) is 0. The van der Waals surface area contributed by atoms with E-state index in [1.165, 1.54) is 5.56 Å². The Morgan fingerprint density at radius 3 is 2.45 bits per heavy atom. The molecular weight excluding hydrogens is 274 g/mol. The van der Waals surface area contributed by atoms with Crippen LogP contribution in [0, 0.1) is 5.41 Å². The van der Waals surface area contributed by atoms with Gasteiger partial charge in [-0.25, -0.2) is 4.98 Å². The summed E-state index contributed by atoms with van der Waals surface area (Å²) in [5.74, 6) is 0. The van der Waals surface area contributed by atoms with E-state index in [4.69, 9.17) is 5.11 Å². The zero-order valence-electron chi connectivity index (χ0n) is 13.9. The van der Waals surface area contributed by atoms with Gasteiger partial charge in [0.15, 0.2) is 0 Å². The van der Waals surface area contributed by atoms with Gasteiger partial charge in [0.1, 0.15) is 0 Å². The average molecular weight is 301 g/mol. The van der Waals surface area contributed by atoms with Gasteiger partial charge in [-0.3, -0.25) is 4.90 Å². The molecule has 2 rings (SSSR count). The van der Waals surface area contributed by atoms with Crippen molar-refractivity contribution in [3.63, 3.8) is 0 Å². The second-order valence-corrected chi connectivity index (χ2v) is 6.98. The van der Waals surface area contributed by atoms with Gasteiger partial charge < -0.3 is 9.67 Å². The lowest BCUT2D eigenvalue weighted by Gasteiger charge is -2.30. The van der Waals surface area contributed by atoms with Gasteiger partial charge in [-0.2, -0.15) is 0 Å². The first-order chi connectivity index (χ1) is 10.5. The van der Waals surface area contributed by atoms with Gasteiger partial charge in [0.2, 0.25) is 0 Å². The minimum Gasteiger partial charge on any atom is -0.396 e. The fourth-order valence-electron chi connectivity index (χ4n) is 2.62. The summed E-state index contributed by atoms with van der Waals surface area (Å²) in [5.41, 5.74) is 2.68. The molecule has 4 heteroatoms. The van der Waals surface area contributed by atoms with Crippen LogP contribution in [0.1, 0.15) is 32.8 Å². The Kier molecular flexibility index (Phi) is 5.75. The molecule has 0 atom stereocenters. The van der Waals surface area contributed by atoms with Gasteiger partial charge in [0.05, 0.1) is 6.33 Å². The Morgan fingerprint density at radius 2 is 1.91 bits per heavy atom. The van der Waals surface area contributed by atoms with Crippen molar-refractivity contribution in [2.24, 2.45) is 5.41 Å². The smallest absolute Gasteiger partial charge is 0.0991 e. The Balaban J connectivity index is 2.02. The monoisotopic (exact) mass is 301 g/mol. The molecule has 0 bridgehead atoms. The number of aromatic nitrogens is 2. The van der Waals surface area contributed by atoms with E-state index < -0.39 is 0 Å². The highest BCUT2D eigenvalue weighted by Gasteiger charge is 2.16. The zero-order valence-corrected chi connectivity index (χ0v) is 13.9. The highest BCUT2D eigenvalue weighted by atomic mass is 16.3. The molecule has 0 unspecified atom stereocenters. The van der Waals surface area contributed by atoms with Crippen LogP contribution in [0.4, 0.5) is 0 Å². The number of benzene rings is 1. The molecule has 0 saturated heterocycles. The van der Waals surface area contributed by atoms with Crippen LogP contribution in [0.5, 0.6) is 0 Å². The van der Waals surface area contributed by atoms with E-state index in [-0.39, 0.29) is 12.0 Å². The lowest BCUT2D eigenvalue weighted by molar-refractivity contribution is 0.166. The molecule has 4 nitrogen and oxygen atoms in total. The van der Waals surface area contributed by atoms with Crippen molar-refractivity contribution in [3.8, 4) is 5.69 Å². The van der Waals surface area contributed by atoms with E-state index in [0.29, 0.717) is 0 Å². The minimum absolute atomic E-state index is 0.250. The molecule has 0 aliphatic heterocycles. The SMILES string of the molecule is CC(C)(C)CN(CCCO)Cc1ccc(-n2ccnc2)cc1. The summed E-state index contributed by atoms with van der Waals surface area (Å²) in [6.45, 7) is 9.87. The number of imidazole rings is 1. The van der Waals surface area contributed by atoms with Gasteiger partial charge in [-0.05, 0) is 29.5 Å². The third kappa shape index (κ3) is 5.28. The second kappa shape index (κ2) is 7.56. The Hall–Kier alpha value is -1.65. The molecule has 0 aliphatic rings. The second-order valence-electron chi connectivity index (χ2n) is 6.98. The summed E-state index contributed by atoms with van der Waals surface area (Å²) in [6, 6.07) is 8.59.